The van der Waals surface area contributed by atoms with E-state index in [4.69, 9.17) is 9.47 Å². The van der Waals surface area contributed by atoms with Gasteiger partial charge in [-0.1, -0.05) is 0 Å². The van der Waals surface area contributed by atoms with E-state index in [1.807, 2.05) is 25.1 Å². The van der Waals surface area contributed by atoms with Crippen LogP contribution in [-0.4, -0.2) is 52.3 Å². The van der Waals surface area contributed by atoms with Crippen molar-refractivity contribution in [2.45, 2.75) is 13.0 Å². The van der Waals surface area contributed by atoms with Gasteiger partial charge < -0.3 is 25.0 Å². The Bertz CT molecular complexity index is 463. The molecule has 1 unspecified atom stereocenters. The third kappa shape index (κ3) is 5.15. The van der Waals surface area contributed by atoms with Crippen molar-refractivity contribution in [1.82, 2.24) is 15.5 Å². The maximum Gasteiger partial charge on any atom is 0.316 e. The fraction of sp³-hybridized carbons (Fsp3) is 0.533. The number of carbonyl (C=O) groups is 1. The number of nitrogens with one attached hydrogen (secondary N) is 2. The van der Waals surface area contributed by atoms with Crippen LogP contribution < -0.4 is 20.1 Å². The van der Waals surface area contributed by atoms with Gasteiger partial charge in [-0.25, -0.2) is 4.79 Å². The highest BCUT2D eigenvalue weighted by Gasteiger charge is 2.12. The van der Waals surface area contributed by atoms with Crippen LogP contribution in [0.4, 0.5) is 4.79 Å². The summed E-state index contributed by atoms with van der Waals surface area (Å²) in [5.41, 5.74) is 1.02. The normalized spacial score (nSPS) is 11.7. The summed E-state index contributed by atoms with van der Waals surface area (Å²) in [6.07, 6.45) is 0. The van der Waals surface area contributed by atoms with E-state index in [1.165, 1.54) is 4.90 Å². The SMILES string of the molecule is COc1ccc(OC)c(C(C)NCCNC(=O)N(C)C)c1. The first-order valence-electron chi connectivity index (χ1n) is 6.90. The first-order chi connectivity index (χ1) is 9.99. The second kappa shape index (κ2) is 8.36. The van der Waals surface area contributed by atoms with E-state index < -0.39 is 0 Å². The van der Waals surface area contributed by atoms with Crippen LogP contribution in [0.3, 0.4) is 0 Å². The van der Waals surface area contributed by atoms with Crippen molar-refractivity contribution in [2.24, 2.45) is 0 Å². The zero-order valence-corrected chi connectivity index (χ0v) is 13.4. The standard InChI is InChI=1S/C15H25N3O3/c1-11(16-8-9-17-15(19)18(2)3)13-10-12(20-4)6-7-14(13)21-5/h6-7,10-11,16H,8-9H2,1-5H3,(H,17,19). The van der Waals surface area contributed by atoms with Crippen LogP contribution in [-0.2, 0) is 0 Å². The molecule has 1 aromatic carbocycles. The molecule has 0 saturated carbocycles. The van der Waals surface area contributed by atoms with Crippen LogP contribution in [0.1, 0.15) is 18.5 Å². The number of methoxy groups -OCH3 is 2. The lowest BCUT2D eigenvalue weighted by Crippen LogP contribution is -2.38. The van der Waals surface area contributed by atoms with Crippen molar-refractivity contribution in [3.8, 4) is 11.5 Å². The first kappa shape index (κ1) is 17.1. The summed E-state index contributed by atoms with van der Waals surface area (Å²) in [6, 6.07) is 5.70. The lowest BCUT2D eigenvalue weighted by Gasteiger charge is -2.19. The van der Waals surface area contributed by atoms with Gasteiger partial charge in [-0.05, 0) is 25.1 Å². The fourth-order valence-electron chi connectivity index (χ4n) is 1.90. The van der Waals surface area contributed by atoms with Crippen LogP contribution in [0, 0.1) is 0 Å². The highest BCUT2D eigenvalue weighted by molar-refractivity contribution is 5.73. The molecular weight excluding hydrogens is 270 g/mol. The van der Waals surface area contributed by atoms with Crippen LogP contribution in [0.5, 0.6) is 11.5 Å². The smallest absolute Gasteiger partial charge is 0.316 e. The molecule has 2 amide bonds. The number of amides is 2. The molecule has 6 heteroatoms. The topological polar surface area (TPSA) is 62.8 Å². The highest BCUT2D eigenvalue weighted by Crippen LogP contribution is 2.28. The minimum absolute atomic E-state index is 0.0892. The molecule has 0 saturated heterocycles. The van der Waals surface area contributed by atoms with Gasteiger partial charge >= 0.3 is 6.03 Å². The number of carbonyl (C=O) groups excluding carboxylic acids is 1. The molecule has 1 atom stereocenters. The molecule has 0 aliphatic heterocycles. The number of hydrogen-bond acceptors (Lipinski definition) is 4. The number of ether oxygens (including phenoxy) is 2. The van der Waals surface area contributed by atoms with Gasteiger partial charge in [0.2, 0.25) is 0 Å². The maximum absolute atomic E-state index is 11.4. The average molecular weight is 295 g/mol. The first-order valence-corrected chi connectivity index (χ1v) is 6.90. The number of nitrogens with zero attached hydrogens (tertiary/aromatic N) is 1. The number of benzene rings is 1. The quantitative estimate of drug-likeness (QED) is 0.751. The molecule has 0 spiro atoms. The van der Waals surface area contributed by atoms with Crippen LogP contribution >= 0.6 is 0 Å². The second-order valence-electron chi connectivity index (χ2n) is 4.91. The van der Waals surface area contributed by atoms with Crippen molar-refractivity contribution in [3.05, 3.63) is 23.8 Å². The Morgan fingerprint density at radius 2 is 1.95 bits per heavy atom. The molecule has 21 heavy (non-hydrogen) atoms. The molecule has 0 fully saturated rings. The Kier molecular flexibility index (Phi) is 6.81. The summed E-state index contributed by atoms with van der Waals surface area (Å²) in [5.74, 6) is 1.61. The van der Waals surface area contributed by atoms with Crippen molar-refractivity contribution in [1.29, 1.82) is 0 Å². The second-order valence-corrected chi connectivity index (χ2v) is 4.91. The Hall–Kier alpha value is -1.95. The molecule has 0 aromatic heterocycles. The van der Waals surface area contributed by atoms with Crippen molar-refractivity contribution in [3.63, 3.8) is 0 Å². The lowest BCUT2D eigenvalue weighted by atomic mass is 10.1. The van der Waals surface area contributed by atoms with Crippen LogP contribution in [0.25, 0.3) is 0 Å². The lowest BCUT2D eigenvalue weighted by molar-refractivity contribution is 0.217. The highest BCUT2D eigenvalue weighted by atomic mass is 16.5. The van der Waals surface area contributed by atoms with E-state index in [0.29, 0.717) is 13.1 Å². The molecule has 0 radical (unpaired) electrons. The van der Waals surface area contributed by atoms with Gasteiger partial charge in [0, 0.05) is 38.8 Å². The third-order valence-corrected chi connectivity index (χ3v) is 3.16. The Balaban J connectivity index is 2.55. The van der Waals surface area contributed by atoms with E-state index in [0.717, 1.165) is 17.1 Å². The van der Waals surface area contributed by atoms with E-state index in [9.17, 15) is 4.79 Å². The van der Waals surface area contributed by atoms with E-state index in [-0.39, 0.29) is 12.1 Å². The van der Waals surface area contributed by atoms with Gasteiger partial charge in [-0.3, -0.25) is 0 Å². The minimum atomic E-state index is -0.0941. The number of rotatable bonds is 7. The van der Waals surface area contributed by atoms with E-state index in [1.54, 1.807) is 28.3 Å². The molecule has 6 nitrogen and oxygen atoms in total. The Morgan fingerprint density at radius 3 is 2.52 bits per heavy atom. The Morgan fingerprint density at radius 1 is 1.24 bits per heavy atom. The molecule has 2 N–H and O–H groups in total. The average Bonchev–Trinajstić information content (AvgIpc) is 2.50. The number of hydrogen-bond donors (Lipinski definition) is 2. The van der Waals surface area contributed by atoms with E-state index in [2.05, 4.69) is 10.6 Å². The summed E-state index contributed by atoms with van der Waals surface area (Å²) in [6.45, 7) is 3.28. The van der Waals surface area contributed by atoms with Crippen LogP contribution in [0.15, 0.2) is 18.2 Å². The van der Waals surface area contributed by atoms with Gasteiger partial charge in [-0.15, -0.1) is 0 Å². The molecule has 0 aliphatic rings. The predicted molar refractivity (Wildman–Crippen MR) is 83.0 cm³/mol. The zero-order valence-electron chi connectivity index (χ0n) is 13.4. The molecule has 0 heterocycles. The summed E-state index contributed by atoms with van der Waals surface area (Å²) >= 11 is 0. The summed E-state index contributed by atoms with van der Waals surface area (Å²) < 4.78 is 10.6. The number of urea groups is 1. The van der Waals surface area contributed by atoms with Crippen molar-refractivity contribution < 1.29 is 14.3 Å². The third-order valence-electron chi connectivity index (χ3n) is 3.16. The molecular formula is C15H25N3O3. The summed E-state index contributed by atoms with van der Waals surface area (Å²) in [7, 11) is 6.72. The van der Waals surface area contributed by atoms with Crippen molar-refractivity contribution >= 4 is 6.03 Å². The fourth-order valence-corrected chi connectivity index (χ4v) is 1.90. The van der Waals surface area contributed by atoms with Gasteiger partial charge in [0.25, 0.3) is 0 Å². The van der Waals surface area contributed by atoms with Gasteiger partial charge in [0.1, 0.15) is 11.5 Å². The van der Waals surface area contributed by atoms with Gasteiger partial charge in [0.05, 0.1) is 14.2 Å². The molecule has 118 valence electrons. The Labute approximate surface area is 126 Å². The predicted octanol–water partition coefficient (Wildman–Crippen LogP) is 1.63. The largest absolute Gasteiger partial charge is 0.497 e. The van der Waals surface area contributed by atoms with Crippen LogP contribution in [0.2, 0.25) is 0 Å². The van der Waals surface area contributed by atoms with E-state index >= 15 is 0 Å². The van der Waals surface area contributed by atoms with Gasteiger partial charge in [-0.2, -0.15) is 0 Å². The minimum Gasteiger partial charge on any atom is -0.497 e. The summed E-state index contributed by atoms with van der Waals surface area (Å²) in [5, 5.41) is 6.16. The molecule has 1 aromatic rings. The monoisotopic (exact) mass is 295 g/mol. The maximum atomic E-state index is 11.4. The summed E-state index contributed by atoms with van der Waals surface area (Å²) in [4.78, 5) is 12.9. The van der Waals surface area contributed by atoms with Gasteiger partial charge in [0.15, 0.2) is 0 Å². The molecule has 0 aliphatic carbocycles. The molecule has 0 bridgehead atoms. The van der Waals surface area contributed by atoms with Crippen molar-refractivity contribution in [2.75, 3.05) is 41.4 Å². The molecule has 1 rings (SSSR count). The zero-order chi connectivity index (χ0) is 15.8.